The zero-order chi connectivity index (χ0) is 12.5. The molecule has 1 aromatic heterocycles. The summed E-state index contributed by atoms with van der Waals surface area (Å²) in [6.45, 7) is 2.57. The van der Waals surface area contributed by atoms with Crippen molar-refractivity contribution in [3.05, 3.63) is 29.6 Å². The van der Waals surface area contributed by atoms with Crippen LogP contribution in [-0.4, -0.2) is 21.9 Å². The van der Waals surface area contributed by atoms with E-state index in [1.165, 1.54) is 0 Å². The summed E-state index contributed by atoms with van der Waals surface area (Å²) in [5.74, 6) is 1.24. The Balaban J connectivity index is 1.95. The van der Waals surface area contributed by atoms with Gasteiger partial charge in [-0.15, -0.1) is 0 Å². The molecule has 1 saturated heterocycles. The van der Waals surface area contributed by atoms with Crippen LogP contribution in [0.4, 0.5) is 0 Å². The van der Waals surface area contributed by atoms with Gasteiger partial charge in [0.1, 0.15) is 11.9 Å². The largest absolute Gasteiger partial charge is 0.508 e. The van der Waals surface area contributed by atoms with Crippen molar-refractivity contribution in [2.24, 2.45) is 0 Å². The van der Waals surface area contributed by atoms with Gasteiger partial charge in [-0.1, -0.05) is 11.2 Å². The minimum Gasteiger partial charge on any atom is -0.508 e. The highest BCUT2D eigenvalue weighted by molar-refractivity contribution is 5.61. The van der Waals surface area contributed by atoms with E-state index in [1.54, 1.807) is 12.1 Å². The predicted octanol–water partition coefficient (Wildman–Crippen LogP) is 2.60. The molecule has 1 aliphatic heterocycles. The molecule has 1 unspecified atom stereocenters. The molecule has 1 aromatic carbocycles. The molecule has 1 fully saturated rings. The van der Waals surface area contributed by atoms with E-state index in [9.17, 15) is 5.11 Å². The molecule has 5 heteroatoms. The van der Waals surface area contributed by atoms with Crippen LogP contribution in [0.3, 0.4) is 0 Å². The van der Waals surface area contributed by atoms with Gasteiger partial charge in [-0.05, 0) is 31.9 Å². The first kappa shape index (κ1) is 11.2. The predicted molar refractivity (Wildman–Crippen MR) is 64.1 cm³/mol. The van der Waals surface area contributed by atoms with E-state index in [4.69, 9.17) is 9.26 Å². The molecule has 1 atom stereocenters. The van der Waals surface area contributed by atoms with Gasteiger partial charge in [0.25, 0.3) is 5.89 Å². The highest BCUT2D eigenvalue weighted by atomic mass is 16.5. The number of hydrogen-bond acceptors (Lipinski definition) is 5. The molecule has 0 amide bonds. The van der Waals surface area contributed by atoms with Crippen LogP contribution in [0.25, 0.3) is 11.5 Å². The Morgan fingerprint density at radius 2 is 2.28 bits per heavy atom. The second-order valence-corrected chi connectivity index (χ2v) is 4.41. The maximum atomic E-state index is 9.67. The summed E-state index contributed by atoms with van der Waals surface area (Å²) in [7, 11) is 0. The van der Waals surface area contributed by atoms with Gasteiger partial charge in [0.05, 0.1) is 0 Å². The standard InChI is InChI=1S/C13H14N2O3/c1-8-9(4-2-5-10(8)16)13-14-12(15-18-13)11-6-3-7-17-11/h2,4-5,11,16H,3,6-7H2,1H3. The van der Waals surface area contributed by atoms with Crippen LogP contribution >= 0.6 is 0 Å². The van der Waals surface area contributed by atoms with Crippen molar-refractivity contribution < 1.29 is 14.4 Å². The Morgan fingerprint density at radius 1 is 1.39 bits per heavy atom. The quantitative estimate of drug-likeness (QED) is 0.882. The fourth-order valence-corrected chi connectivity index (χ4v) is 2.11. The second-order valence-electron chi connectivity index (χ2n) is 4.41. The van der Waals surface area contributed by atoms with E-state index in [0.717, 1.165) is 30.6 Å². The Bertz CT molecular complexity index is 559. The third kappa shape index (κ3) is 1.86. The maximum absolute atomic E-state index is 9.67. The van der Waals surface area contributed by atoms with Crippen LogP contribution in [0.1, 0.15) is 30.3 Å². The number of aromatic hydroxyl groups is 1. The third-order valence-electron chi connectivity index (χ3n) is 3.20. The van der Waals surface area contributed by atoms with Crippen LogP contribution < -0.4 is 0 Å². The first-order valence-electron chi connectivity index (χ1n) is 6.00. The summed E-state index contributed by atoms with van der Waals surface area (Å²) in [6, 6.07) is 5.24. The zero-order valence-electron chi connectivity index (χ0n) is 10.1. The maximum Gasteiger partial charge on any atom is 0.258 e. The summed E-state index contributed by atoms with van der Waals surface area (Å²) in [6.07, 6.45) is 1.90. The van der Waals surface area contributed by atoms with E-state index in [1.807, 2.05) is 13.0 Å². The molecule has 2 heterocycles. The summed E-state index contributed by atoms with van der Waals surface area (Å²) in [5, 5.41) is 13.6. The van der Waals surface area contributed by atoms with Gasteiger partial charge >= 0.3 is 0 Å². The number of nitrogens with zero attached hydrogens (tertiary/aromatic N) is 2. The molecule has 5 nitrogen and oxygen atoms in total. The van der Waals surface area contributed by atoms with Crippen molar-refractivity contribution in [1.29, 1.82) is 0 Å². The monoisotopic (exact) mass is 246 g/mol. The van der Waals surface area contributed by atoms with Gasteiger partial charge in [0.15, 0.2) is 0 Å². The summed E-state index contributed by atoms with van der Waals surface area (Å²) in [5.41, 5.74) is 1.49. The smallest absolute Gasteiger partial charge is 0.258 e. The molecule has 0 spiro atoms. The first-order valence-corrected chi connectivity index (χ1v) is 6.00. The molecular weight excluding hydrogens is 232 g/mol. The highest BCUT2D eigenvalue weighted by Crippen LogP contribution is 2.31. The molecular formula is C13H14N2O3. The van der Waals surface area contributed by atoms with E-state index in [0.29, 0.717) is 11.7 Å². The van der Waals surface area contributed by atoms with Crippen LogP contribution in [0.5, 0.6) is 5.75 Å². The highest BCUT2D eigenvalue weighted by Gasteiger charge is 2.24. The van der Waals surface area contributed by atoms with Crippen LogP contribution in [0.15, 0.2) is 22.7 Å². The Hall–Kier alpha value is -1.88. The van der Waals surface area contributed by atoms with Gasteiger partial charge in [0.2, 0.25) is 5.82 Å². The minimum atomic E-state index is -0.0554. The lowest BCUT2D eigenvalue weighted by molar-refractivity contribution is 0.103. The normalized spacial score (nSPS) is 19.3. The molecule has 2 aromatic rings. The van der Waals surface area contributed by atoms with E-state index in [2.05, 4.69) is 10.1 Å². The number of benzene rings is 1. The molecule has 18 heavy (non-hydrogen) atoms. The summed E-state index contributed by atoms with van der Waals surface area (Å²) in [4.78, 5) is 4.35. The van der Waals surface area contributed by atoms with E-state index < -0.39 is 0 Å². The molecule has 0 saturated carbocycles. The summed E-state index contributed by atoms with van der Waals surface area (Å²) < 4.78 is 10.8. The number of aromatic nitrogens is 2. The van der Waals surface area contributed by atoms with Crippen LogP contribution in [-0.2, 0) is 4.74 Å². The SMILES string of the molecule is Cc1c(O)cccc1-c1nc(C2CCCO2)no1. The van der Waals surface area contributed by atoms with Crippen molar-refractivity contribution in [3.63, 3.8) is 0 Å². The van der Waals surface area contributed by atoms with Gasteiger partial charge < -0.3 is 14.4 Å². The van der Waals surface area contributed by atoms with Gasteiger partial charge in [-0.3, -0.25) is 0 Å². The van der Waals surface area contributed by atoms with Crippen LogP contribution in [0.2, 0.25) is 0 Å². The van der Waals surface area contributed by atoms with Crippen molar-refractivity contribution >= 4 is 0 Å². The third-order valence-corrected chi connectivity index (χ3v) is 3.20. The van der Waals surface area contributed by atoms with Crippen molar-refractivity contribution in [3.8, 4) is 17.2 Å². The molecule has 0 aliphatic carbocycles. The lowest BCUT2D eigenvalue weighted by Gasteiger charge is -2.02. The number of ether oxygens (including phenoxy) is 1. The topological polar surface area (TPSA) is 68.4 Å². The minimum absolute atomic E-state index is 0.0554. The Kier molecular flexibility index (Phi) is 2.76. The fraction of sp³-hybridized carbons (Fsp3) is 0.385. The van der Waals surface area contributed by atoms with E-state index >= 15 is 0 Å². The van der Waals surface area contributed by atoms with Crippen molar-refractivity contribution in [2.75, 3.05) is 6.61 Å². The van der Waals surface area contributed by atoms with Crippen molar-refractivity contribution in [2.45, 2.75) is 25.9 Å². The second kappa shape index (κ2) is 4.42. The fourth-order valence-electron chi connectivity index (χ4n) is 2.11. The molecule has 3 rings (SSSR count). The van der Waals surface area contributed by atoms with Gasteiger partial charge in [-0.25, -0.2) is 0 Å². The average molecular weight is 246 g/mol. The van der Waals surface area contributed by atoms with Crippen LogP contribution in [0, 0.1) is 6.92 Å². The molecule has 1 N–H and O–H groups in total. The molecule has 0 bridgehead atoms. The molecule has 0 radical (unpaired) electrons. The number of phenolic OH excluding ortho intramolecular Hbond substituents is 1. The van der Waals surface area contributed by atoms with Gasteiger partial charge in [-0.2, -0.15) is 4.98 Å². The number of rotatable bonds is 2. The van der Waals surface area contributed by atoms with E-state index in [-0.39, 0.29) is 11.9 Å². The zero-order valence-corrected chi connectivity index (χ0v) is 10.1. The number of phenols is 1. The van der Waals surface area contributed by atoms with Gasteiger partial charge in [0, 0.05) is 17.7 Å². The first-order chi connectivity index (χ1) is 8.75. The number of hydrogen-bond donors (Lipinski definition) is 1. The molecule has 1 aliphatic rings. The summed E-state index contributed by atoms with van der Waals surface area (Å²) >= 11 is 0. The lowest BCUT2D eigenvalue weighted by atomic mass is 10.1. The lowest BCUT2D eigenvalue weighted by Crippen LogP contribution is -1.97. The molecule has 94 valence electrons. The van der Waals surface area contributed by atoms with Crippen molar-refractivity contribution in [1.82, 2.24) is 10.1 Å². The Labute approximate surface area is 104 Å². The average Bonchev–Trinajstić information content (AvgIpc) is 3.01. The Morgan fingerprint density at radius 3 is 3.06 bits per heavy atom.